The molecule has 0 aromatic carbocycles. The summed E-state index contributed by atoms with van der Waals surface area (Å²) in [6, 6.07) is 5.53. The first kappa shape index (κ1) is 13.5. The standard InChI is InChI=1S/C17H20N4O/c18-13(9-11-4-5-11)15-16(19-10-12-6-7-12)20-14-3-1-2-8-21(14)17(15)22/h1-3,8,11-12,18-19H,4-7,9-10H2. The molecule has 2 aliphatic rings. The van der Waals surface area contributed by atoms with E-state index in [4.69, 9.17) is 5.41 Å². The van der Waals surface area contributed by atoms with Crippen molar-refractivity contribution in [3.63, 3.8) is 0 Å². The van der Waals surface area contributed by atoms with E-state index in [1.807, 2.05) is 18.2 Å². The van der Waals surface area contributed by atoms with Crippen LogP contribution in [0.5, 0.6) is 0 Å². The number of anilines is 1. The summed E-state index contributed by atoms with van der Waals surface area (Å²) in [5.41, 5.74) is 1.39. The zero-order chi connectivity index (χ0) is 15.1. The number of nitrogens with one attached hydrogen (secondary N) is 2. The summed E-state index contributed by atoms with van der Waals surface area (Å²) in [4.78, 5) is 17.4. The van der Waals surface area contributed by atoms with Crippen molar-refractivity contribution < 1.29 is 0 Å². The molecule has 114 valence electrons. The second-order valence-corrected chi connectivity index (χ2v) is 6.52. The van der Waals surface area contributed by atoms with Crippen molar-refractivity contribution >= 4 is 17.2 Å². The van der Waals surface area contributed by atoms with E-state index in [0.717, 1.165) is 6.54 Å². The van der Waals surface area contributed by atoms with Gasteiger partial charge in [0.15, 0.2) is 0 Å². The summed E-state index contributed by atoms with van der Waals surface area (Å²) in [5, 5.41) is 11.7. The first-order chi connectivity index (χ1) is 10.7. The Hall–Kier alpha value is -2.17. The summed E-state index contributed by atoms with van der Waals surface area (Å²) < 4.78 is 1.54. The van der Waals surface area contributed by atoms with Gasteiger partial charge in [0.25, 0.3) is 5.56 Å². The van der Waals surface area contributed by atoms with E-state index in [9.17, 15) is 4.79 Å². The average molecular weight is 296 g/mol. The van der Waals surface area contributed by atoms with Gasteiger partial charge in [0.1, 0.15) is 17.0 Å². The smallest absolute Gasteiger partial charge is 0.269 e. The number of nitrogens with zero attached hydrogens (tertiary/aromatic N) is 2. The molecule has 2 saturated carbocycles. The van der Waals surface area contributed by atoms with Gasteiger partial charge >= 0.3 is 0 Å². The third kappa shape index (κ3) is 2.63. The molecule has 0 amide bonds. The van der Waals surface area contributed by atoms with E-state index >= 15 is 0 Å². The summed E-state index contributed by atoms with van der Waals surface area (Å²) >= 11 is 0. The van der Waals surface area contributed by atoms with Crippen LogP contribution in [0.4, 0.5) is 5.82 Å². The number of aromatic nitrogens is 2. The molecule has 2 aliphatic carbocycles. The van der Waals surface area contributed by atoms with Crippen LogP contribution in [-0.4, -0.2) is 21.6 Å². The number of fused-ring (bicyclic) bond motifs is 1. The van der Waals surface area contributed by atoms with Gasteiger partial charge in [0.05, 0.1) is 0 Å². The van der Waals surface area contributed by atoms with Gasteiger partial charge in [-0.05, 0) is 56.1 Å². The first-order valence-corrected chi connectivity index (χ1v) is 8.05. The molecule has 5 nitrogen and oxygen atoms in total. The van der Waals surface area contributed by atoms with Crippen LogP contribution in [0.15, 0.2) is 29.2 Å². The molecule has 22 heavy (non-hydrogen) atoms. The van der Waals surface area contributed by atoms with Crippen molar-refractivity contribution in [1.29, 1.82) is 5.41 Å². The van der Waals surface area contributed by atoms with Crippen molar-refractivity contribution in [1.82, 2.24) is 9.38 Å². The van der Waals surface area contributed by atoms with Gasteiger partial charge in [-0.1, -0.05) is 6.07 Å². The van der Waals surface area contributed by atoms with Crippen molar-refractivity contribution in [3.05, 3.63) is 40.3 Å². The zero-order valence-electron chi connectivity index (χ0n) is 12.5. The van der Waals surface area contributed by atoms with Gasteiger partial charge < -0.3 is 10.7 Å². The van der Waals surface area contributed by atoms with Gasteiger partial charge in [-0.3, -0.25) is 9.20 Å². The number of hydrogen-bond donors (Lipinski definition) is 2. The summed E-state index contributed by atoms with van der Waals surface area (Å²) in [5.74, 6) is 1.87. The zero-order valence-corrected chi connectivity index (χ0v) is 12.5. The lowest BCUT2D eigenvalue weighted by Crippen LogP contribution is -2.26. The van der Waals surface area contributed by atoms with E-state index in [1.165, 1.54) is 25.7 Å². The van der Waals surface area contributed by atoms with Crippen LogP contribution in [0.2, 0.25) is 0 Å². The quantitative estimate of drug-likeness (QED) is 0.805. The average Bonchev–Trinajstić information content (AvgIpc) is 3.40. The van der Waals surface area contributed by atoms with Gasteiger partial charge in [0.2, 0.25) is 0 Å². The highest BCUT2D eigenvalue weighted by Crippen LogP contribution is 2.34. The van der Waals surface area contributed by atoms with Gasteiger partial charge in [-0.15, -0.1) is 0 Å². The van der Waals surface area contributed by atoms with E-state index in [-0.39, 0.29) is 5.56 Å². The predicted octanol–water partition coefficient (Wildman–Crippen LogP) is 2.68. The molecular weight excluding hydrogens is 276 g/mol. The fraction of sp³-hybridized carbons (Fsp3) is 0.471. The number of pyridine rings is 1. The minimum absolute atomic E-state index is 0.130. The Labute approximate surface area is 128 Å². The predicted molar refractivity (Wildman–Crippen MR) is 86.8 cm³/mol. The van der Waals surface area contributed by atoms with Crippen LogP contribution in [-0.2, 0) is 0 Å². The van der Waals surface area contributed by atoms with Crippen LogP contribution in [0.3, 0.4) is 0 Å². The van der Waals surface area contributed by atoms with E-state index in [0.29, 0.717) is 41.0 Å². The summed E-state index contributed by atoms with van der Waals surface area (Å²) in [6.07, 6.45) is 7.26. The third-order valence-electron chi connectivity index (χ3n) is 4.48. The van der Waals surface area contributed by atoms with E-state index < -0.39 is 0 Å². The van der Waals surface area contributed by atoms with Crippen molar-refractivity contribution in [2.45, 2.75) is 32.1 Å². The molecule has 2 heterocycles. The summed E-state index contributed by atoms with van der Waals surface area (Å²) in [7, 11) is 0. The van der Waals surface area contributed by atoms with Gasteiger partial charge in [-0.2, -0.15) is 0 Å². The molecule has 0 atom stereocenters. The Kier molecular flexibility index (Phi) is 3.21. The molecular formula is C17H20N4O. The second-order valence-electron chi connectivity index (χ2n) is 6.52. The lowest BCUT2D eigenvalue weighted by molar-refractivity contribution is 0.870. The summed E-state index contributed by atoms with van der Waals surface area (Å²) in [6.45, 7) is 0.846. The van der Waals surface area contributed by atoms with E-state index in [1.54, 1.807) is 10.6 Å². The SMILES string of the molecule is N=C(CC1CC1)c1c(NCC2CC2)nc2ccccn2c1=O. The van der Waals surface area contributed by atoms with Crippen molar-refractivity contribution in [2.24, 2.45) is 11.8 Å². The molecule has 0 unspecified atom stereocenters. The molecule has 2 aromatic heterocycles. The maximum atomic E-state index is 12.8. The Morgan fingerprint density at radius 1 is 1.27 bits per heavy atom. The lowest BCUT2D eigenvalue weighted by Gasteiger charge is -2.13. The lowest BCUT2D eigenvalue weighted by atomic mass is 10.1. The van der Waals surface area contributed by atoms with Gasteiger partial charge in [0, 0.05) is 18.5 Å². The van der Waals surface area contributed by atoms with Gasteiger partial charge in [-0.25, -0.2) is 4.98 Å². The van der Waals surface area contributed by atoms with Crippen LogP contribution in [0, 0.1) is 17.2 Å². The Morgan fingerprint density at radius 3 is 2.77 bits per heavy atom. The topological polar surface area (TPSA) is 70.2 Å². The number of rotatable bonds is 6. The van der Waals surface area contributed by atoms with E-state index in [2.05, 4.69) is 10.3 Å². The molecule has 4 rings (SSSR count). The number of hydrogen-bond acceptors (Lipinski definition) is 4. The normalized spacial score (nSPS) is 17.6. The molecule has 0 spiro atoms. The molecule has 2 fully saturated rings. The van der Waals surface area contributed by atoms with Crippen LogP contribution in [0.25, 0.3) is 5.65 Å². The maximum Gasteiger partial charge on any atom is 0.269 e. The molecule has 0 saturated heterocycles. The minimum atomic E-state index is -0.130. The molecule has 0 radical (unpaired) electrons. The maximum absolute atomic E-state index is 12.8. The minimum Gasteiger partial charge on any atom is -0.369 e. The third-order valence-corrected chi connectivity index (χ3v) is 4.48. The van der Waals surface area contributed by atoms with Crippen LogP contribution in [0.1, 0.15) is 37.7 Å². The molecule has 0 aliphatic heterocycles. The van der Waals surface area contributed by atoms with Crippen LogP contribution < -0.4 is 10.9 Å². The first-order valence-electron chi connectivity index (χ1n) is 8.05. The van der Waals surface area contributed by atoms with Crippen LogP contribution >= 0.6 is 0 Å². The fourth-order valence-corrected chi connectivity index (χ4v) is 2.76. The highest BCUT2D eigenvalue weighted by Gasteiger charge is 2.27. The highest BCUT2D eigenvalue weighted by atomic mass is 16.1. The highest BCUT2D eigenvalue weighted by molar-refractivity contribution is 6.02. The van der Waals surface area contributed by atoms with Crippen molar-refractivity contribution in [3.8, 4) is 0 Å². The molecule has 5 heteroatoms. The Morgan fingerprint density at radius 2 is 2.05 bits per heavy atom. The largest absolute Gasteiger partial charge is 0.369 e. The molecule has 2 aromatic rings. The fourth-order valence-electron chi connectivity index (χ4n) is 2.76. The Balaban J connectivity index is 1.77. The monoisotopic (exact) mass is 296 g/mol. The Bertz CT molecular complexity index is 787. The molecule has 2 N–H and O–H groups in total. The molecule has 0 bridgehead atoms. The second kappa shape index (κ2) is 5.23. The van der Waals surface area contributed by atoms with Crippen molar-refractivity contribution in [2.75, 3.05) is 11.9 Å².